The fraction of sp³-hybridized carbons (Fsp3) is 0.167. The van der Waals surface area contributed by atoms with E-state index in [1.807, 2.05) is 0 Å². The number of esters is 1. The molecule has 0 aliphatic carbocycles. The first-order valence-corrected chi connectivity index (χ1v) is 9.41. The van der Waals surface area contributed by atoms with Gasteiger partial charge in [-0.2, -0.15) is 0 Å². The van der Waals surface area contributed by atoms with Crippen LogP contribution in [0.15, 0.2) is 36.4 Å². The van der Waals surface area contributed by atoms with Crippen LogP contribution in [-0.4, -0.2) is 24.4 Å². The van der Waals surface area contributed by atoms with Crippen LogP contribution >= 0.6 is 46.4 Å². The quantitative estimate of drug-likeness (QED) is 0.552. The Labute approximate surface area is 181 Å². The fourth-order valence-corrected chi connectivity index (χ4v) is 2.69. The topological polar surface area (TPSA) is 84.5 Å². The van der Waals surface area contributed by atoms with Crippen molar-refractivity contribution >= 4 is 75.6 Å². The fourth-order valence-electron chi connectivity index (χ4n) is 2.02. The van der Waals surface area contributed by atoms with Gasteiger partial charge >= 0.3 is 5.97 Å². The summed E-state index contributed by atoms with van der Waals surface area (Å²) in [7, 11) is 0. The SMILES string of the molecule is O=C(CCC(=O)OCC(=O)Nc1cc(Cl)ccc1Cl)Nc1cc(Cl)ccc1Cl. The van der Waals surface area contributed by atoms with Crippen molar-refractivity contribution in [1.82, 2.24) is 0 Å². The number of anilines is 2. The van der Waals surface area contributed by atoms with Crippen molar-refractivity contribution in [2.24, 2.45) is 0 Å². The van der Waals surface area contributed by atoms with Gasteiger partial charge in [-0.1, -0.05) is 46.4 Å². The zero-order chi connectivity index (χ0) is 20.7. The molecular weight excluding hydrogens is 450 g/mol. The van der Waals surface area contributed by atoms with Gasteiger partial charge in [0.25, 0.3) is 5.91 Å². The predicted octanol–water partition coefficient (Wildman–Crippen LogP) is 5.20. The summed E-state index contributed by atoms with van der Waals surface area (Å²) >= 11 is 23.5. The number of hydrogen-bond donors (Lipinski definition) is 2. The van der Waals surface area contributed by atoms with Crippen LogP contribution < -0.4 is 10.6 Å². The van der Waals surface area contributed by atoms with Crippen molar-refractivity contribution in [1.29, 1.82) is 0 Å². The highest BCUT2D eigenvalue weighted by Gasteiger charge is 2.13. The maximum Gasteiger partial charge on any atom is 0.306 e. The van der Waals surface area contributed by atoms with Crippen LogP contribution in [0.3, 0.4) is 0 Å². The highest BCUT2D eigenvalue weighted by atomic mass is 35.5. The number of hydrogen-bond acceptors (Lipinski definition) is 4. The number of amides is 2. The lowest BCUT2D eigenvalue weighted by Gasteiger charge is -2.09. The Morgan fingerprint density at radius 2 is 1.25 bits per heavy atom. The number of carbonyl (C=O) groups excluding carboxylic acids is 3. The third-order valence-corrected chi connectivity index (χ3v) is 4.45. The monoisotopic (exact) mass is 462 g/mol. The van der Waals surface area contributed by atoms with Gasteiger partial charge in [0, 0.05) is 16.5 Å². The molecule has 0 saturated carbocycles. The van der Waals surface area contributed by atoms with Crippen LogP contribution in [0.1, 0.15) is 12.8 Å². The Morgan fingerprint density at radius 3 is 1.79 bits per heavy atom. The second-order valence-corrected chi connectivity index (χ2v) is 7.19. The zero-order valence-corrected chi connectivity index (χ0v) is 17.3. The molecule has 10 heteroatoms. The third-order valence-electron chi connectivity index (χ3n) is 3.33. The van der Waals surface area contributed by atoms with Crippen LogP contribution in [0, 0.1) is 0 Å². The molecular formula is C18H14Cl4N2O4. The number of halogens is 4. The predicted molar refractivity (Wildman–Crippen MR) is 110 cm³/mol. The number of ether oxygens (including phenoxy) is 1. The Bertz CT molecular complexity index is 834. The van der Waals surface area contributed by atoms with Gasteiger partial charge in [-0.25, -0.2) is 0 Å². The van der Waals surface area contributed by atoms with Gasteiger partial charge in [0.1, 0.15) is 0 Å². The first-order chi connectivity index (χ1) is 13.2. The minimum atomic E-state index is -0.709. The standard InChI is InChI=1S/C18H14Cl4N2O4/c19-10-1-3-12(21)14(7-10)23-16(25)5-6-18(27)28-9-17(26)24-15-8-11(20)2-4-13(15)22/h1-4,7-8H,5-6,9H2,(H,23,25)(H,24,26). The summed E-state index contributed by atoms with van der Waals surface area (Å²) in [4.78, 5) is 35.5. The number of carbonyl (C=O) groups is 3. The van der Waals surface area contributed by atoms with Gasteiger partial charge in [-0.15, -0.1) is 0 Å². The van der Waals surface area contributed by atoms with Crippen molar-refractivity contribution in [3.05, 3.63) is 56.5 Å². The summed E-state index contributed by atoms with van der Waals surface area (Å²) in [6.07, 6.45) is -0.362. The lowest BCUT2D eigenvalue weighted by atomic mass is 10.2. The van der Waals surface area contributed by atoms with Gasteiger partial charge in [-0.05, 0) is 36.4 Å². The molecule has 0 radical (unpaired) electrons. The Kier molecular flexibility index (Phi) is 8.38. The molecule has 2 aromatic rings. The van der Waals surface area contributed by atoms with Crippen molar-refractivity contribution in [2.45, 2.75) is 12.8 Å². The Hall–Kier alpha value is -1.99. The summed E-state index contributed by atoms with van der Waals surface area (Å²) in [5, 5.41) is 6.43. The number of rotatable bonds is 7. The molecule has 2 aromatic carbocycles. The highest BCUT2D eigenvalue weighted by Crippen LogP contribution is 2.26. The van der Waals surface area contributed by atoms with Crippen molar-refractivity contribution in [2.75, 3.05) is 17.2 Å². The van der Waals surface area contributed by atoms with Crippen LogP contribution in [-0.2, 0) is 19.1 Å². The van der Waals surface area contributed by atoms with Crippen LogP contribution in [0.4, 0.5) is 11.4 Å². The van der Waals surface area contributed by atoms with Crippen molar-refractivity contribution in [3.63, 3.8) is 0 Å². The van der Waals surface area contributed by atoms with E-state index >= 15 is 0 Å². The summed E-state index contributed by atoms with van der Waals surface area (Å²) in [5.74, 6) is -1.75. The molecule has 0 aliphatic heterocycles. The van der Waals surface area contributed by atoms with E-state index < -0.39 is 24.4 Å². The van der Waals surface area contributed by atoms with E-state index in [0.717, 1.165) is 0 Å². The second-order valence-electron chi connectivity index (χ2n) is 5.51. The molecule has 0 atom stereocenters. The van der Waals surface area contributed by atoms with Gasteiger partial charge in [0.2, 0.25) is 5.91 Å². The van der Waals surface area contributed by atoms with Gasteiger partial charge in [0.15, 0.2) is 6.61 Å². The Morgan fingerprint density at radius 1 is 0.750 bits per heavy atom. The maximum absolute atomic E-state index is 11.9. The van der Waals surface area contributed by atoms with E-state index in [9.17, 15) is 14.4 Å². The molecule has 148 valence electrons. The molecule has 0 heterocycles. The zero-order valence-electron chi connectivity index (χ0n) is 14.2. The average Bonchev–Trinajstić information content (AvgIpc) is 2.64. The summed E-state index contributed by atoms with van der Waals surface area (Å²) < 4.78 is 4.84. The lowest BCUT2D eigenvalue weighted by Crippen LogP contribution is -2.22. The lowest BCUT2D eigenvalue weighted by molar-refractivity contribution is -0.147. The minimum absolute atomic E-state index is 0.149. The molecule has 28 heavy (non-hydrogen) atoms. The summed E-state index contributed by atoms with van der Waals surface area (Å²) in [6.45, 7) is -0.524. The van der Waals surface area contributed by atoms with Gasteiger partial charge in [-0.3, -0.25) is 14.4 Å². The maximum atomic E-state index is 11.9. The summed E-state index contributed by atoms with van der Waals surface area (Å²) in [5.41, 5.74) is 0.637. The highest BCUT2D eigenvalue weighted by molar-refractivity contribution is 6.36. The van der Waals surface area contributed by atoms with E-state index in [2.05, 4.69) is 10.6 Å². The van der Waals surface area contributed by atoms with E-state index in [4.69, 9.17) is 51.1 Å². The second kappa shape index (κ2) is 10.5. The van der Waals surface area contributed by atoms with Gasteiger partial charge < -0.3 is 15.4 Å². The first kappa shape index (κ1) is 22.3. The largest absolute Gasteiger partial charge is 0.456 e. The molecule has 2 amide bonds. The smallest absolute Gasteiger partial charge is 0.306 e. The first-order valence-electron chi connectivity index (χ1n) is 7.90. The summed E-state index contributed by atoms with van der Waals surface area (Å²) in [6, 6.07) is 9.18. The van der Waals surface area contributed by atoms with E-state index in [1.165, 1.54) is 18.2 Å². The Balaban J connectivity index is 1.74. The van der Waals surface area contributed by atoms with Gasteiger partial charge in [0.05, 0.1) is 27.8 Å². The van der Waals surface area contributed by atoms with E-state index in [1.54, 1.807) is 18.2 Å². The molecule has 0 aliphatic rings. The minimum Gasteiger partial charge on any atom is -0.456 e. The molecule has 0 saturated heterocycles. The molecule has 0 unspecified atom stereocenters. The molecule has 2 rings (SSSR count). The number of benzene rings is 2. The molecule has 0 fully saturated rings. The third kappa shape index (κ3) is 7.20. The molecule has 0 aromatic heterocycles. The molecule has 0 bridgehead atoms. The normalized spacial score (nSPS) is 10.3. The van der Waals surface area contributed by atoms with Crippen LogP contribution in [0.25, 0.3) is 0 Å². The van der Waals surface area contributed by atoms with Crippen LogP contribution in [0.2, 0.25) is 20.1 Å². The average molecular weight is 464 g/mol. The van der Waals surface area contributed by atoms with Crippen molar-refractivity contribution in [3.8, 4) is 0 Å². The van der Waals surface area contributed by atoms with Crippen LogP contribution in [0.5, 0.6) is 0 Å². The van der Waals surface area contributed by atoms with E-state index in [0.29, 0.717) is 31.5 Å². The number of nitrogens with one attached hydrogen (secondary N) is 2. The molecule has 0 spiro atoms. The van der Waals surface area contributed by atoms with E-state index in [-0.39, 0.29) is 12.8 Å². The van der Waals surface area contributed by atoms with Crippen molar-refractivity contribution < 1.29 is 19.1 Å². The molecule has 6 nitrogen and oxygen atoms in total. The molecule has 2 N–H and O–H groups in total.